The zero-order valence-corrected chi connectivity index (χ0v) is 20.6. The van der Waals surface area contributed by atoms with Gasteiger partial charge < -0.3 is 24.2 Å². The molecule has 0 bridgehead atoms. The van der Waals surface area contributed by atoms with Gasteiger partial charge in [0.25, 0.3) is 0 Å². The summed E-state index contributed by atoms with van der Waals surface area (Å²) >= 11 is 0. The van der Waals surface area contributed by atoms with Gasteiger partial charge in [-0.2, -0.15) is 0 Å². The molecule has 0 spiro atoms. The number of hydrogen-bond donors (Lipinski definition) is 1. The Morgan fingerprint density at radius 1 is 1.03 bits per heavy atom. The number of nitrogens with one attached hydrogen (secondary N) is 1. The number of benzene rings is 1. The molecule has 0 radical (unpaired) electrons. The van der Waals surface area contributed by atoms with Gasteiger partial charge in [0.2, 0.25) is 0 Å². The molecule has 35 heavy (non-hydrogen) atoms. The fraction of sp³-hybridized carbons (Fsp3) is 0.429. The Balaban J connectivity index is 1.34. The minimum atomic E-state index is 0.505. The van der Waals surface area contributed by atoms with Gasteiger partial charge >= 0.3 is 0 Å². The first-order valence-corrected chi connectivity index (χ1v) is 12.5. The average molecular weight is 475 g/mol. The average Bonchev–Trinajstić information content (AvgIpc) is 3.52. The molecular weight excluding hydrogens is 440 g/mol. The summed E-state index contributed by atoms with van der Waals surface area (Å²) in [7, 11) is 3.37. The van der Waals surface area contributed by atoms with Gasteiger partial charge in [-0.1, -0.05) is 17.3 Å². The van der Waals surface area contributed by atoms with Crippen LogP contribution in [0.15, 0.2) is 58.4 Å². The number of aromatic nitrogens is 1. The molecule has 1 fully saturated rings. The summed E-state index contributed by atoms with van der Waals surface area (Å²) < 4.78 is 11.7. The lowest BCUT2D eigenvalue weighted by atomic mass is 9.99. The molecule has 0 saturated carbocycles. The fourth-order valence-electron chi connectivity index (χ4n) is 5.13. The second-order valence-electron chi connectivity index (χ2n) is 9.27. The van der Waals surface area contributed by atoms with Crippen molar-refractivity contribution in [1.82, 2.24) is 15.2 Å². The molecule has 2 aromatic heterocycles. The van der Waals surface area contributed by atoms with Crippen LogP contribution < -0.4 is 5.32 Å². The van der Waals surface area contributed by atoms with Crippen LogP contribution in [0.2, 0.25) is 0 Å². The molecule has 0 atom stereocenters. The van der Waals surface area contributed by atoms with Crippen molar-refractivity contribution in [1.29, 1.82) is 0 Å². The van der Waals surface area contributed by atoms with E-state index in [0.29, 0.717) is 6.04 Å². The number of nitrogens with zero attached hydrogens (tertiary/aromatic N) is 3. The molecule has 3 heterocycles. The van der Waals surface area contributed by atoms with Crippen LogP contribution in [0.5, 0.6) is 0 Å². The fourth-order valence-corrected chi connectivity index (χ4v) is 5.13. The number of fused-ring (bicyclic) bond motifs is 1. The summed E-state index contributed by atoms with van der Waals surface area (Å²) in [6.07, 6.45) is 7.82. The van der Waals surface area contributed by atoms with Crippen LogP contribution in [0.3, 0.4) is 0 Å². The number of piperidine rings is 1. The number of oxime groups is 1. The maximum atomic E-state index is 6.49. The zero-order chi connectivity index (χ0) is 24.0. The highest BCUT2D eigenvalue weighted by Crippen LogP contribution is 2.37. The largest absolute Gasteiger partial charge is 0.459 e. The van der Waals surface area contributed by atoms with Crippen LogP contribution in [0.1, 0.15) is 36.1 Å². The third-order valence-corrected chi connectivity index (χ3v) is 7.05. The van der Waals surface area contributed by atoms with Gasteiger partial charge in [0.1, 0.15) is 18.6 Å². The standard InChI is InChI=1S/C28H34N4O3/c1-33-16-15-32-13-9-23(10-14-32)30-19-24-18-26(20-7-11-29-12-8-20)28(35-24)22-3-5-25-21(17-22)4-6-27(25)31-34-2/h3,5,7-8,11-12,17-18,23,30H,4,6,9-10,13-16,19H2,1-2H3. The Morgan fingerprint density at radius 2 is 1.86 bits per heavy atom. The van der Waals surface area contributed by atoms with Gasteiger partial charge in [0.05, 0.1) is 18.9 Å². The van der Waals surface area contributed by atoms with Gasteiger partial charge in [0.15, 0.2) is 0 Å². The van der Waals surface area contributed by atoms with Crippen LogP contribution in [0.25, 0.3) is 22.5 Å². The van der Waals surface area contributed by atoms with Crippen molar-refractivity contribution in [2.24, 2.45) is 5.16 Å². The Bertz CT molecular complexity index is 1150. The minimum Gasteiger partial charge on any atom is -0.459 e. The third kappa shape index (κ3) is 5.48. The molecule has 5 rings (SSSR count). The molecule has 7 nitrogen and oxygen atoms in total. The topological polar surface area (TPSA) is 72.1 Å². The predicted octanol–water partition coefficient (Wildman–Crippen LogP) is 4.51. The highest BCUT2D eigenvalue weighted by atomic mass is 16.6. The van der Waals surface area contributed by atoms with Crippen molar-refractivity contribution in [2.45, 2.75) is 38.3 Å². The number of furan rings is 1. The van der Waals surface area contributed by atoms with Crippen molar-refractivity contribution in [3.63, 3.8) is 0 Å². The van der Waals surface area contributed by atoms with Crippen molar-refractivity contribution in [3.05, 3.63) is 65.7 Å². The molecule has 2 aliphatic rings. The zero-order valence-electron chi connectivity index (χ0n) is 20.6. The molecule has 1 aliphatic heterocycles. The number of methoxy groups -OCH3 is 1. The van der Waals surface area contributed by atoms with Crippen molar-refractivity contribution in [2.75, 3.05) is 40.5 Å². The molecule has 1 saturated heterocycles. The van der Waals surface area contributed by atoms with E-state index < -0.39 is 0 Å². The number of pyridine rings is 1. The van der Waals surface area contributed by atoms with Gasteiger partial charge in [-0.3, -0.25) is 4.98 Å². The summed E-state index contributed by atoms with van der Waals surface area (Å²) in [5, 5.41) is 7.92. The van der Waals surface area contributed by atoms with E-state index in [4.69, 9.17) is 14.0 Å². The van der Waals surface area contributed by atoms with Crippen LogP contribution >= 0.6 is 0 Å². The first kappa shape index (κ1) is 23.7. The van der Waals surface area contributed by atoms with Gasteiger partial charge in [-0.15, -0.1) is 0 Å². The molecule has 0 amide bonds. The first-order valence-electron chi connectivity index (χ1n) is 12.5. The number of aryl methyl sites for hydroxylation is 1. The van der Waals surface area contributed by atoms with Crippen LogP contribution in [-0.4, -0.2) is 62.1 Å². The second-order valence-corrected chi connectivity index (χ2v) is 9.27. The number of rotatable bonds is 9. The van der Waals surface area contributed by atoms with E-state index >= 15 is 0 Å². The lowest BCUT2D eigenvalue weighted by molar-refractivity contribution is 0.125. The Labute approximate surface area is 207 Å². The Morgan fingerprint density at radius 3 is 2.63 bits per heavy atom. The summed E-state index contributed by atoms with van der Waals surface area (Å²) in [5.41, 5.74) is 6.77. The molecule has 1 N–H and O–H groups in total. The molecule has 184 valence electrons. The van der Waals surface area contributed by atoms with Crippen molar-refractivity contribution in [3.8, 4) is 22.5 Å². The van der Waals surface area contributed by atoms with E-state index in [-0.39, 0.29) is 0 Å². The minimum absolute atomic E-state index is 0.505. The van der Waals surface area contributed by atoms with E-state index in [9.17, 15) is 0 Å². The van der Waals surface area contributed by atoms with Crippen LogP contribution in [-0.2, 0) is 22.5 Å². The van der Waals surface area contributed by atoms with E-state index in [1.54, 1.807) is 14.2 Å². The molecule has 7 heteroatoms. The van der Waals surface area contributed by atoms with Gasteiger partial charge in [-0.05, 0) is 74.2 Å². The molecule has 3 aromatic rings. The van der Waals surface area contributed by atoms with Crippen molar-refractivity contribution >= 4 is 5.71 Å². The summed E-state index contributed by atoms with van der Waals surface area (Å²) in [6.45, 7) is 4.75. The SMILES string of the molecule is COCCN1CCC(NCc2cc(-c3ccncc3)c(-c3ccc4c(c3)CCC4=NOC)o2)CC1. The van der Waals surface area contributed by atoms with E-state index in [0.717, 1.165) is 92.4 Å². The van der Waals surface area contributed by atoms with Crippen molar-refractivity contribution < 1.29 is 14.0 Å². The lowest BCUT2D eigenvalue weighted by Crippen LogP contribution is -2.43. The molecule has 1 aliphatic carbocycles. The normalized spacial score (nSPS) is 17.7. The molecule has 1 aromatic carbocycles. The predicted molar refractivity (Wildman–Crippen MR) is 137 cm³/mol. The van der Waals surface area contributed by atoms with E-state index in [2.05, 4.69) is 44.6 Å². The molecular formula is C28H34N4O3. The summed E-state index contributed by atoms with van der Waals surface area (Å²) in [5.74, 6) is 1.86. The summed E-state index contributed by atoms with van der Waals surface area (Å²) in [4.78, 5) is 11.7. The van der Waals surface area contributed by atoms with Crippen LogP contribution in [0.4, 0.5) is 0 Å². The number of hydrogen-bond acceptors (Lipinski definition) is 7. The van der Waals surface area contributed by atoms with Gasteiger partial charge in [-0.25, -0.2) is 0 Å². The van der Waals surface area contributed by atoms with Gasteiger partial charge in [0, 0.05) is 48.8 Å². The monoisotopic (exact) mass is 474 g/mol. The quantitative estimate of drug-likeness (QED) is 0.460. The highest BCUT2D eigenvalue weighted by Gasteiger charge is 2.23. The number of ether oxygens (including phenoxy) is 1. The Hall–Kier alpha value is -3.00. The third-order valence-electron chi connectivity index (χ3n) is 7.05. The highest BCUT2D eigenvalue weighted by molar-refractivity contribution is 6.04. The lowest BCUT2D eigenvalue weighted by Gasteiger charge is -2.32. The maximum absolute atomic E-state index is 6.49. The second kappa shape index (κ2) is 11.2. The number of likely N-dealkylation sites (tertiary alicyclic amines) is 1. The van der Waals surface area contributed by atoms with E-state index in [1.807, 2.05) is 24.5 Å². The smallest absolute Gasteiger partial charge is 0.142 e. The first-order chi connectivity index (χ1) is 17.2. The van der Waals surface area contributed by atoms with E-state index in [1.165, 1.54) is 11.1 Å². The maximum Gasteiger partial charge on any atom is 0.142 e. The summed E-state index contributed by atoms with van der Waals surface area (Å²) in [6, 6.07) is 13.3. The van der Waals surface area contributed by atoms with Crippen LogP contribution in [0, 0.1) is 0 Å². The Kier molecular flexibility index (Phi) is 7.57. The molecule has 0 unspecified atom stereocenters.